The molecule has 0 aromatic heterocycles. The Hall–Kier alpha value is -2.33. The fraction of sp³-hybridized carbons (Fsp3) is 0.333. The predicted molar refractivity (Wildman–Crippen MR) is 105 cm³/mol. The van der Waals surface area contributed by atoms with Gasteiger partial charge in [-0.1, -0.05) is 67.1 Å². The summed E-state index contributed by atoms with van der Waals surface area (Å²) in [6, 6.07) is 16.4. The molecule has 0 saturated carbocycles. The minimum Gasteiger partial charge on any atom is -0.354 e. The van der Waals surface area contributed by atoms with Gasteiger partial charge in [0.1, 0.15) is 6.04 Å². The van der Waals surface area contributed by atoms with Crippen molar-refractivity contribution < 1.29 is 9.59 Å². The molecule has 0 aliphatic heterocycles. The van der Waals surface area contributed by atoms with E-state index in [2.05, 4.69) is 5.32 Å². The molecule has 0 spiro atoms. The third-order valence-electron chi connectivity index (χ3n) is 4.21. The highest BCUT2D eigenvalue weighted by Crippen LogP contribution is 2.18. The third-order valence-corrected chi connectivity index (χ3v) is 4.58. The molecule has 26 heavy (non-hydrogen) atoms. The highest BCUT2D eigenvalue weighted by molar-refractivity contribution is 6.31. The average Bonchev–Trinajstić information content (AvgIpc) is 2.66. The van der Waals surface area contributed by atoms with Crippen molar-refractivity contribution in [1.29, 1.82) is 0 Å². The Morgan fingerprint density at radius 1 is 1.08 bits per heavy atom. The van der Waals surface area contributed by atoms with Gasteiger partial charge in [-0.3, -0.25) is 9.59 Å². The summed E-state index contributed by atoms with van der Waals surface area (Å²) < 4.78 is 0. The van der Waals surface area contributed by atoms with E-state index in [1.165, 1.54) is 0 Å². The number of hydrogen-bond donors (Lipinski definition) is 1. The molecular weight excluding hydrogens is 348 g/mol. The van der Waals surface area contributed by atoms with Crippen molar-refractivity contribution in [3.8, 4) is 0 Å². The minimum absolute atomic E-state index is 0.124. The molecule has 2 aromatic rings. The van der Waals surface area contributed by atoms with Crippen LogP contribution < -0.4 is 5.32 Å². The number of halogens is 1. The summed E-state index contributed by atoms with van der Waals surface area (Å²) in [5.74, 6) is -0.267. The van der Waals surface area contributed by atoms with Gasteiger partial charge in [-0.15, -0.1) is 0 Å². The smallest absolute Gasteiger partial charge is 0.242 e. The molecule has 2 rings (SSSR count). The Balaban J connectivity index is 2.19. The number of hydrogen-bond acceptors (Lipinski definition) is 2. The molecule has 0 saturated heterocycles. The van der Waals surface area contributed by atoms with Crippen LogP contribution in [0.25, 0.3) is 0 Å². The van der Waals surface area contributed by atoms with Crippen LogP contribution >= 0.6 is 11.6 Å². The van der Waals surface area contributed by atoms with Crippen molar-refractivity contribution in [3.63, 3.8) is 0 Å². The Kier molecular flexibility index (Phi) is 7.67. The van der Waals surface area contributed by atoms with Crippen molar-refractivity contribution in [2.24, 2.45) is 0 Å². The van der Waals surface area contributed by atoms with Crippen molar-refractivity contribution in [2.75, 3.05) is 6.54 Å². The van der Waals surface area contributed by atoms with Gasteiger partial charge in [0.15, 0.2) is 0 Å². The normalized spacial score (nSPS) is 11.7. The van der Waals surface area contributed by atoms with Gasteiger partial charge < -0.3 is 10.2 Å². The molecule has 138 valence electrons. The second kappa shape index (κ2) is 9.97. The lowest BCUT2D eigenvalue weighted by molar-refractivity contribution is -0.140. The second-order valence-electron chi connectivity index (χ2n) is 6.24. The molecule has 0 unspecified atom stereocenters. The Morgan fingerprint density at radius 3 is 2.38 bits per heavy atom. The molecule has 0 bridgehead atoms. The van der Waals surface area contributed by atoms with Gasteiger partial charge in [-0.2, -0.15) is 0 Å². The summed E-state index contributed by atoms with van der Waals surface area (Å²) in [6.45, 7) is 4.74. The number of nitrogens with one attached hydrogen (secondary N) is 1. The van der Waals surface area contributed by atoms with Crippen molar-refractivity contribution in [3.05, 3.63) is 70.7 Å². The fourth-order valence-electron chi connectivity index (χ4n) is 2.66. The lowest BCUT2D eigenvalue weighted by atomic mass is 10.1. The van der Waals surface area contributed by atoms with Crippen molar-refractivity contribution in [2.45, 2.75) is 39.3 Å². The zero-order chi connectivity index (χ0) is 18.9. The molecule has 0 aliphatic carbocycles. The topological polar surface area (TPSA) is 49.4 Å². The number of rotatable bonds is 8. The molecule has 1 atom stereocenters. The number of carbonyl (C=O) groups is 2. The first-order valence-corrected chi connectivity index (χ1v) is 9.25. The van der Waals surface area contributed by atoms with Gasteiger partial charge in [0, 0.05) is 18.1 Å². The molecule has 2 amide bonds. The summed E-state index contributed by atoms with van der Waals surface area (Å²) in [5, 5.41) is 3.43. The molecule has 0 fully saturated rings. The van der Waals surface area contributed by atoms with Crippen molar-refractivity contribution >= 4 is 23.4 Å². The minimum atomic E-state index is -0.559. The molecule has 1 N–H and O–H groups in total. The van der Waals surface area contributed by atoms with Crippen LogP contribution in [0.2, 0.25) is 5.02 Å². The van der Waals surface area contributed by atoms with E-state index in [0.717, 1.165) is 17.5 Å². The lowest BCUT2D eigenvalue weighted by Gasteiger charge is -2.29. The van der Waals surface area contributed by atoms with Crippen LogP contribution in [0.5, 0.6) is 0 Å². The van der Waals surface area contributed by atoms with Crippen LogP contribution in [-0.2, 0) is 22.6 Å². The number of amides is 2. The predicted octanol–water partition coefficient (Wildman–Crippen LogP) is 3.83. The Bertz CT molecular complexity index is 734. The molecule has 2 aromatic carbocycles. The second-order valence-corrected chi connectivity index (χ2v) is 6.65. The highest BCUT2D eigenvalue weighted by Gasteiger charge is 2.26. The van der Waals surface area contributed by atoms with Crippen LogP contribution in [0.15, 0.2) is 54.6 Å². The quantitative estimate of drug-likeness (QED) is 0.765. The van der Waals surface area contributed by atoms with Gasteiger partial charge in [0.2, 0.25) is 11.8 Å². The number of carbonyl (C=O) groups excluding carboxylic acids is 2. The van der Waals surface area contributed by atoms with Crippen LogP contribution in [0.4, 0.5) is 0 Å². The van der Waals surface area contributed by atoms with Crippen LogP contribution in [-0.4, -0.2) is 29.3 Å². The summed E-state index contributed by atoms with van der Waals surface area (Å²) in [5.41, 5.74) is 1.74. The van der Waals surface area contributed by atoms with Gasteiger partial charge in [0.05, 0.1) is 6.42 Å². The van der Waals surface area contributed by atoms with Crippen LogP contribution in [0.3, 0.4) is 0 Å². The molecule has 0 radical (unpaired) electrons. The number of nitrogens with zero attached hydrogens (tertiary/aromatic N) is 1. The maximum atomic E-state index is 13.0. The molecule has 0 heterocycles. The summed E-state index contributed by atoms with van der Waals surface area (Å²) in [6.07, 6.45) is 1.02. The summed E-state index contributed by atoms with van der Waals surface area (Å²) >= 11 is 6.19. The summed E-state index contributed by atoms with van der Waals surface area (Å²) in [4.78, 5) is 27.0. The fourth-order valence-corrected chi connectivity index (χ4v) is 2.87. The van der Waals surface area contributed by atoms with Gasteiger partial charge in [-0.05, 0) is 30.5 Å². The van der Waals surface area contributed by atoms with E-state index < -0.39 is 6.04 Å². The highest BCUT2D eigenvalue weighted by atomic mass is 35.5. The lowest BCUT2D eigenvalue weighted by Crippen LogP contribution is -2.48. The van der Waals surface area contributed by atoms with E-state index in [4.69, 9.17) is 11.6 Å². The zero-order valence-corrected chi connectivity index (χ0v) is 16.0. The third kappa shape index (κ3) is 5.60. The Morgan fingerprint density at radius 2 is 1.73 bits per heavy atom. The van der Waals surface area contributed by atoms with E-state index in [1.54, 1.807) is 17.9 Å². The van der Waals surface area contributed by atoms with E-state index >= 15 is 0 Å². The van der Waals surface area contributed by atoms with Gasteiger partial charge in [-0.25, -0.2) is 0 Å². The monoisotopic (exact) mass is 372 g/mol. The van der Waals surface area contributed by atoms with Crippen molar-refractivity contribution in [1.82, 2.24) is 10.2 Å². The molecule has 5 heteroatoms. The zero-order valence-electron chi connectivity index (χ0n) is 15.2. The first-order chi connectivity index (χ1) is 12.5. The first-order valence-electron chi connectivity index (χ1n) is 8.87. The van der Waals surface area contributed by atoms with E-state index in [-0.39, 0.29) is 18.2 Å². The first kappa shape index (κ1) is 20.0. The summed E-state index contributed by atoms with van der Waals surface area (Å²) in [7, 11) is 0. The van der Waals surface area contributed by atoms with Gasteiger partial charge >= 0.3 is 0 Å². The number of benzene rings is 2. The molecule has 4 nitrogen and oxygen atoms in total. The largest absolute Gasteiger partial charge is 0.354 e. The maximum Gasteiger partial charge on any atom is 0.242 e. The molecule has 0 aliphatic rings. The van der Waals surface area contributed by atoms with E-state index in [1.807, 2.05) is 55.5 Å². The standard InChI is InChI=1S/C21H25ClN2O2/c1-3-13-23-21(26)16(2)24(15-17-9-5-4-6-10-17)20(25)14-18-11-7-8-12-19(18)22/h4-12,16H,3,13-15H2,1-2H3,(H,23,26)/t16-/m1/s1. The average molecular weight is 373 g/mol. The van der Waals surface area contributed by atoms with E-state index in [9.17, 15) is 9.59 Å². The van der Waals surface area contributed by atoms with Crippen LogP contribution in [0.1, 0.15) is 31.4 Å². The SMILES string of the molecule is CCCNC(=O)[C@@H](C)N(Cc1ccccc1)C(=O)Cc1ccccc1Cl. The molecular formula is C21H25ClN2O2. The van der Waals surface area contributed by atoms with E-state index in [0.29, 0.717) is 18.1 Å². The Labute approximate surface area is 160 Å². The maximum absolute atomic E-state index is 13.0. The van der Waals surface area contributed by atoms with Crippen LogP contribution in [0, 0.1) is 0 Å². The van der Waals surface area contributed by atoms with Gasteiger partial charge in [0.25, 0.3) is 0 Å².